The van der Waals surface area contributed by atoms with Crippen LogP contribution in [0, 0.1) is 0 Å². The third-order valence-electron chi connectivity index (χ3n) is 3.56. The Morgan fingerprint density at radius 1 is 1.23 bits per heavy atom. The summed E-state index contributed by atoms with van der Waals surface area (Å²) in [4.78, 5) is 26.1. The molecule has 2 rings (SSSR count). The predicted molar refractivity (Wildman–Crippen MR) is 87.1 cm³/mol. The van der Waals surface area contributed by atoms with Gasteiger partial charge in [0.25, 0.3) is 11.1 Å². The number of rotatable bonds is 5. The van der Waals surface area contributed by atoms with Gasteiger partial charge in [-0.05, 0) is 48.9 Å². The van der Waals surface area contributed by atoms with E-state index in [1.54, 1.807) is 32.4 Å². The van der Waals surface area contributed by atoms with Gasteiger partial charge < -0.3 is 9.47 Å². The van der Waals surface area contributed by atoms with Crippen molar-refractivity contribution in [2.75, 3.05) is 14.2 Å². The SMILES string of the molecule is CCC(C)N1C(=O)S/C(=C/c2ccc(OC)c(OC)c2)C1=O. The summed E-state index contributed by atoms with van der Waals surface area (Å²) in [6, 6.07) is 5.27. The fraction of sp³-hybridized carbons (Fsp3) is 0.375. The lowest BCUT2D eigenvalue weighted by Gasteiger charge is -2.19. The highest BCUT2D eigenvalue weighted by molar-refractivity contribution is 8.18. The molecule has 118 valence electrons. The molecule has 0 aliphatic carbocycles. The smallest absolute Gasteiger partial charge is 0.293 e. The van der Waals surface area contributed by atoms with E-state index >= 15 is 0 Å². The van der Waals surface area contributed by atoms with E-state index in [9.17, 15) is 9.59 Å². The van der Waals surface area contributed by atoms with Crippen molar-refractivity contribution in [2.45, 2.75) is 26.3 Å². The molecule has 2 amide bonds. The lowest BCUT2D eigenvalue weighted by molar-refractivity contribution is -0.124. The van der Waals surface area contributed by atoms with Crippen molar-refractivity contribution in [1.29, 1.82) is 0 Å². The monoisotopic (exact) mass is 321 g/mol. The Bertz CT molecular complexity index is 627. The number of amides is 2. The first kappa shape index (κ1) is 16.4. The van der Waals surface area contributed by atoms with Gasteiger partial charge in [-0.2, -0.15) is 0 Å². The number of benzene rings is 1. The van der Waals surface area contributed by atoms with E-state index in [2.05, 4.69) is 0 Å². The van der Waals surface area contributed by atoms with E-state index in [4.69, 9.17) is 9.47 Å². The molecule has 1 aliphatic rings. The highest BCUT2D eigenvalue weighted by Gasteiger charge is 2.37. The van der Waals surface area contributed by atoms with E-state index in [1.165, 1.54) is 4.90 Å². The summed E-state index contributed by atoms with van der Waals surface area (Å²) in [7, 11) is 3.12. The van der Waals surface area contributed by atoms with Gasteiger partial charge >= 0.3 is 0 Å². The van der Waals surface area contributed by atoms with Gasteiger partial charge in [-0.3, -0.25) is 14.5 Å². The van der Waals surface area contributed by atoms with Gasteiger partial charge in [0.2, 0.25) is 0 Å². The maximum absolute atomic E-state index is 12.4. The molecule has 0 N–H and O–H groups in total. The summed E-state index contributed by atoms with van der Waals surface area (Å²) in [5.74, 6) is 0.962. The number of nitrogens with zero attached hydrogens (tertiary/aromatic N) is 1. The molecule has 22 heavy (non-hydrogen) atoms. The summed E-state index contributed by atoms with van der Waals surface area (Å²) >= 11 is 0.970. The first-order valence-electron chi connectivity index (χ1n) is 7.00. The molecule has 6 heteroatoms. The average Bonchev–Trinajstić information content (AvgIpc) is 2.80. The molecule has 0 radical (unpaired) electrons. The van der Waals surface area contributed by atoms with Gasteiger partial charge in [0.15, 0.2) is 11.5 Å². The molecule has 5 nitrogen and oxygen atoms in total. The molecule has 1 saturated heterocycles. The maximum Gasteiger partial charge on any atom is 0.293 e. The van der Waals surface area contributed by atoms with Crippen molar-refractivity contribution < 1.29 is 19.1 Å². The summed E-state index contributed by atoms with van der Waals surface area (Å²) in [5, 5.41) is -0.217. The third kappa shape index (κ3) is 3.11. The molecule has 1 heterocycles. The number of ether oxygens (including phenoxy) is 2. The van der Waals surface area contributed by atoms with Crippen LogP contribution in [0.1, 0.15) is 25.8 Å². The molecule has 0 bridgehead atoms. The van der Waals surface area contributed by atoms with E-state index in [0.29, 0.717) is 16.4 Å². The van der Waals surface area contributed by atoms with Crippen molar-refractivity contribution in [3.63, 3.8) is 0 Å². The summed E-state index contributed by atoms with van der Waals surface area (Å²) in [5.41, 5.74) is 0.785. The molecule has 1 aliphatic heterocycles. The Kier molecular flexibility index (Phi) is 5.13. The second-order valence-electron chi connectivity index (χ2n) is 4.92. The summed E-state index contributed by atoms with van der Waals surface area (Å²) in [6.45, 7) is 3.82. The Labute approximate surface area is 134 Å². The minimum absolute atomic E-state index is 0.0937. The van der Waals surface area contributed by atoms with Gasteiger partial charge in [0, 0.05) is 6.04 Å². The molecule has 1 fully saturated rings. The lowest BCUT2D eigenvalue weighted by atomic mass is 10.1. The van der Waals surface area contributed by atoms with Gasteiger partial charge in [-0.1, -0.05) is 13.0 Å². The molecule has 1 aromatic carbocycles. The number of hydrogen-bond acceptors (Lipinski definition) is 5. The quantitative estimate of drug-likeness (QED) is 0.776. The Morgan fingerprint density at radius 3 is 2.50 bits per heavy atom. The maximum atomic E-state index is 12.4. The van der Waals surface area contributed by atoms with Crippen LogP contribution in [0.3, 0.4) is 0 Å². The zero-order valence-corrected chi connectivity index (χ0v) is 13.9. The molecule has 0 spiro atoms. The van der Waals surface area contributed by atoms with Gasteiger partial charge in [0.1, 0.15) is 0 Å². The largest absolute Gasteiger partial charge is 0.493 e. The molecule has 1 atom stereocenters. The fourth-order valence-corrected chi connectivity index (χ4v) is 3.07. The molecule has 0 saturated carbocycles. The Balaban J connectivity index is 2.31. The highest BCUT2D eigenvalue weighted by Crippen LogP contribution is 2.35. The lowest BCUT2D eigenvalue weighted by Crippen LogP contribution is -2.36. The van der Waals surface area contributed by atoms with Crippen LogP contribution >= 0.6 is 11.8 Å². The second kappa shape index (κ2) is 6.87. The molecular formula is C16H19NO4S. The first-order valence-corrected chi connectivity index (χ1v) is 7.82. The standard InChI is InChI=1S/C16H19NO4S/c1-5-10(2)17-15(18)14(22-16(17)19)9-11-6-7-12(20-3)13(8-11)21-4/h6-10H,5H2,1-4H3/b14-9+. The van der Waals surface area contributed by atoms with E-state index in [0.717, 1.165) is 23.7 Å². The number of hydrogen-bond donors (Lipinski definition) is 0. The highest BCUT2D eigenvalue weighted by atomic mass is 32.2. The van der Waals surface area contributed by atoms with Gasteiger partial charge in [-0.15, -0.1) is 0 Å². The van der Waals surface area contributed by atoms with Crippen molar-refractivity contribution in [2.24, 2.45) is 0 Å². The third-order valence-corrected chi connectivity index (χ3v) is 4.44. The normalized spacial score (nSPS) is 18.0. The fourth-order valence-electron chi connectivity index (χ4n) is 2.14. The zero-order valence-electron chi connectivity index (χ0n) is 13.1. The van der Waals surface area contributed by atoms with Gasteiger partial charge in [0.05, 0.1) is 19.1 Å². The summed E-state index contributed by atoms with van der Waals surface area (Å²) in [6.07, 6.45) is 2.44. The van der Waals surface area contributed by atoms with Crippen LogP contribution in [-0.4, -0.2) is 36.3 Å². The van der Waals surface area contributed by atoms with Crippen molar-refractivity contribution in [1.82, 2.24) is 4.90 Å². The average molecular weight is 321 g/mol. The minimum Gasteiger partial charge on any atom is -0.493 e. The molecule has 1 unspecified atom stereocenters. The van der Waals surface area contributed by atoms with Crippen LogP contribution < -0.4 is 9.47 Å². The number of imide groups is 1. The van der Waals surface area contributed by atoms with Crippen LogP contribution in [0.5, 0.6) is 11.5 Å². The van der Waals surface area contributed by atoms with Crippen LogP contribution in [0.4, 0.5) is 4.79 Å². The van der Waals surface area contributed by atoms with Crippen molar-refractivity contribution >= 4 is 29.0 Å². The van der Waals surface area contributed by atoms with E-state index in [-0.39, 0.29) is 17.2 Å². The van der Waals surface area contributed by atoms with E-state index in [1.807, 2.05) is 19.9 Å². The zero-order chi connectivity index (χ0) is 16.3. The molecular weight excluding hydrogens is 302 g/mol. The predicted octanol–water partition coefficient (Wildman–Crippen LogP) is 3.54. The van der Waals surface area contributed by atoms with Crippen LogP contribution in [0.15, 0.2) is 23.1 Å². The number of methoxy groups -OCH3 is 2. The number of thioether (sulfide) groups is 1. The van der Waals surface area contributed by atoms with Crippen LogP contribution in [-0.2, 0) is 4.79 Å². The van der Waals surface area contributed by atoms with Gasteiger partial charge in [-0.25, -0.2) is 0 Å². The molecule has 0 aromatic heterocycles. The topological polar surface area (TPSA) is 55.8 Å². The first-order chi connectivity index (χ1) is 10.5. The second-order valence-corrected chi connectivity index (χ2v) is 5.92. The summed E-state index contributed by atoms with van der Waals surface area (Å²) < 4.78 is 10.4. The minimum atomic E-state index is -0.237. The number of carbonyl (C=O) groups is 2. The van der Waals surface area contributed by atoms with Crippen molar-refractivity contribution in [3.05, 3.63) is 28.7 Å². The van der Waals surface area contributed by atoms with Crippen LogP contribution in [0.25, 0.3) is 6.08 Å². The van der Waals surface area contributed by atoms with Crippen molar-refractivity contribution in [3.8, 4) is 11.5 Å². The van der Waals surface area contributed by atoms with E-state index < -0.39 is 0 Å². The Hall–Kier alpha value is -1.95. The Morgan fingerprint density at radius 2 is 1.91 bits per heavy atom. The van der Waals surface area contributed by atoms with Crippen LogP contribution in [0.2, 0.25) is 0 Å². The molecule has 1 aromatic rings. The number of carbonyl (C=O) groups excluding carboxylic acids is 2.